The van der Waals surface area contributed by atoms with E-state index in [9.17, 15) is 17.6 Å². The average Bonchev–Trinajstić information content (AvgIpc) is 2.19. The SMILES string of the molecule is Cc1cc(N=C(N)N=C(N)N)c(F)cc1C(F)(F)F. The van der Waals surface area contributed by atoms with Crippen LogP contribution in [0.2, 0.25) is 0 Å². The highest BCUT2D eigenvalue weighted by Gasteiger charge is 2.33. The minimum absolute atomic E-state index is 0.190. The molecule has 0 bridgehead atoms. The highest BCUT2D eigenvalue weighted by molar-refractivity contribution is 5.93. The molecule has 1 aromatic rings. The smallest absolute Gasteiger partial charge is 0.370 e. The van der Waals surface area contributed by atoms with E-state index < -0.39 is 29.5 Å². The Bertz CT molecular complexity index is 544. The summed E-state index contributed by atoms with van der Waals surface area (Å²) < 4.78 is 51.0. The van der Waals surface area contributed by atoms with Crippen LogP contribution in [0.4, 0.5) is 23.2 Å². The van der Waals surface area contributed by atoms with Crippen molar-refractivity contribution in [3.63, 3.8) is 0 Å². The molecule has 0 atom stereocenters. The Kier molecular flexibility index (Phi) is 3.98. The van der Waals surface area contributed by atoms with Gasteiger partial charge in [-0.3, -0.25) is 0 Å². The molecule has 1 aromatic carbocycles. The van der Waals surface area contributed by atoms with Crippen molar-refractivity contribution in [1.29, 1.82) is 0 Å². The number of hydrogen-bond acceptors (Lipinski definition) is 1. The second-order valence-corrected chi connectivity index (χ2v) is 3.62. The van der Waals surface area contributed by atoms with Gasteiger partial charge in [-0.05, 0) is 24.6 Å². The maximum absolute atomic E-state index is 13.5. The van der Waals surface area contributed by atoms with Crippen molar-refractivity contribution in [3.8, 4) is 0 Å². The van der Waals surface area contributed by atoms with E-state index >= 15 is 0 Å². The van der Waals surface area contributed by atoms with Crippen molar-refractivity contribution < 1.29 is 17.6 Å². The van der Waals surface area contributed by atoms with E-state index in [2.05, 4.69) is 9.98 Å². The number of nitrogens with zero attached hydrogens (tertiary/aromatic N) is 2. The number of benzene rings is 1. The number of alkyl halides is 3. The number of hydrogen-bond donors (Lipinski definition) is 3. The summed E-state index contributed by atoms with van der Waals surface area (Å²) in [5.41, 5.74) is 13.7. The van der Waals surface area contributed by atoms with Crippen LogP contribution in [0, 0.1) is 12.7 Å². The molecule has 1 rings (SSSR count). The van der Waals surface area contributed by atoms with E-state index in [0.717, 1.165) is 6.07 Å². The topological polar surface area (TPSA) is 103 Å². The lowest BCUT2D eigenvalue weighted by molar-refractivity contribution is -0.138. The van der Waals surface area contributed by atoms with Crippen LogP contribution < -0.4 is 17.2 Å². The fraction of sp³-hybridized carbons (Fsp3) is 0.200. The molecule has 9 heteroatoms. The van der Waals surface area contributed by atoms with Gasteiger partial charge < -0.3 is 17.2 Å². The van der Waals surface area contributed by atoms with E-state index in [1.54, 1.807) is 0 Å². The lowest BCUT2D eigenvalue weighted by Gasteiger charge is -2.11. The quantitative estimate of drug-likeness (QED) is 0.410. The van der Waals surface area contributed by atoms with Crippen LogP contribution in [0.3, 0.4) is 0 Å². The molecule has 104 valence electrons. The van der Waals surface area contributed by atoms with Crippen molar-refractivity contribution in [2.45, 2.75) is 13.1 Å². The Morgan fingerprint density at radius 3 is 2.21 bits per heavy atom. The average molecular weight is 277 g/mol. The van der Waals surface area contributed by atoms with Gasteiger partial charge in [0.1, 0.15) is 11.5 Å². The molecule has 0 radical (unpaired) electrons. The largest absolute Gasteiger partial charge is 0.416 e. The van der Waals surface area contributed by atoms with Crippen molar-refractivity contribution in [3.05, 3.63) is 29.1 Å². The summed E-state index contributed by atoms with van der Waals surface area (Å²) in [6.07, 6.45) is -4.64. The summed E-state index contributed by atoms with van der Waals surface area (Å²) in [4.78, 5) is 6.81. The highest BCUT2D eigenvalue weighted by Crippen LogP contribution is 2.34. The minimum atomic E-state index is -4.64. The molecule has 0 aliphatic heterocycles. The minimum Gasteiger partial charge on any atom is -0.370 e. The van der Waals surface area contributed by atoms with Crippen molar-refractivity contribution >= 4 is 17.6 Å². The van der Waals surface area contributed by atoms with Gasteiger partial charge in [0, 0.05) is 0 Å². The second kappa shape index (κ2) is 5.12. The molecule has 0 aromatic heterocycles. The monoisotopic (exact) mass is 277 g/mol. The zero-order chi connectivity index (χ0) is 14.8. The van der Waals surface area contributed by atoms with Crippen LogP contribution in [0.5, 0.6) is 0 Å². The normalized spacial score (nSPS) is 12.4. The van der Waals surface area contributed by atoms with Gasteiger partial charge in [0.2, 0.25) is 5.96 Å². The third-order valence-electron chi connectivity index (χ3n) is 2.08. The molecule has 0 aliphatic rings. The van der Waals surface area contributed by atoms with Crippen LogP contribution in [-0.4, -0.2) is 11.9 Å². The molecule has 0 amide bonds. The predicted octanol–water partition coefficient (Wildman–Crippen LogP) is 1.37. The lowest BCUT2D eigenvalue weighted by atomic mass is 10.1. The van der Waals surface area contributed by atoms with E-state index in [4.69, 9.17) is 17.2 Å². The molecule has 5 nitrogen and oxygen atoms in total. The molecule has 19 heavy (non-hydrogen) atoms. The van der Waals surface area contributed by atoms with E-state index in [1.165, 1.54) is 6.92 Å². The van der Waals surface area contributed by atoms with E-state index in [0.29, 0.717) is 6.07 Å². The summed E-state index contributed by atoms with van der Waals surface area (Å²) in [5.74, 6) is -2.03. The van der Waals surface area contributed by atoms with Crippen molar-refractivity contribution in [1.82, 2.24) is 0 Å². The third-order valence-corrected chi connectivity index (χ3v) is 2.08. The third kappa shape index (κ3) is 3.83. The zero-order valence-corrected chi connectivity index (χ0v) is 9.79. The summed E-state index contributed by atoms with van der Waals surface area (Å²) >= 11 is 0. The number of rotatable bonds is 1. The second-order valence-electron chi connectivity index (χ2n) is 3.62. The van der Waals surface area contributed by atoms with Crippen molar-refractivity contribution in [2.75, 3.05) is 0 Å². The molecule has 6 N–H and O–H groups in total. The molecule has 0 saturated heterocycles. The van der Waals surface area contributed by atoms with Crippen LogP contribution in [0.1, 0.15) is 11.1 Å². The van der Waals surface area contributed by atoms with Gasteiger partial charge >= 0.3 is 6.18 Å². The Balaban J connectivity index is 3.28. The predicted molar refractivity (Wildman–Crippen MR) is 63.2 cm³/mol. The summed E-state index contributed by atoms with van der Waals surface area (Å²) in [6, 6.07) is 1.25. The van der Waals surface area contributed by atoms with E-state index in [1.807, 2.05) is 0 Å². The molecular weight excluding hydrogens is 266 g/mol. The van der Waals surface area contributed by atoms with E-state index in [-0.39, 0.29) is 11.3 Å². The zero-order valence-electron chi connectivity index (χ0n) is 9.79. The molecule has 0 fully saturated rings. The molecular formula is C10H11F4N5. The molecule has 0 aliphatic carbocycles. The first-order valence-corrected chi connectivity index (χ1v) is 4.92. The Morgan fingerprint density at radius 2 is 1.74 bits per heavy atom. The molecule has 0 spiro atoms. The van der Waals surface area contributed by atoms with Gasteiger partial charge in [-0.25, -0.2) is 9.38 Å². The number of nitrogens with two attached hydrogens (primary N) is 3. The Hall–Kier alpha value is -2.32. The van der Waals surface area contributed by atoms with Crippen molar-refractivity contribution in [2.24, 2.45) is 27.2 Å². The fourth-order valence-corrected chi connectivity index (χ4v) is 1.34. The summed E-state index contributed by atoms with van der Waals surface area (Å²) in [7, 11) is 0. The van der Waals surface area contributed by atoms with Gasteiger partial charge in [0.25, 0.3) is 0 Å². The first-order chi connectivity index (χ1) is 8.61. The van der Waals surface area contributed by atoms with Gasteiger partial charge in [-0.2, -0.15) is 18.2 Å². The maximum atomic E-state index is 13.5. The standard InChI is InChI=1S/C10H11F4N5/c1-4-2-7(18-9(17)19-8(15)16)6(11)3-5(4)10(12,13)14/h2-3H,1H3,(H6,15,16,17,18,19). The summed E-state index contributed by atoms with van der Waals surface area (Å²) in [5, 5.41) is 0. The van der Waals surface area contributed by atoms with Gasteiger partial charge in [0.15, 0.2) is 5.96 Å². The van der Waals surface area contributed by atoms with Gasteiger partial charge in [0.05, 0.1) is 5.56 Å². The number of aryl methyl sites for hydroxylation is 1. The van der Waals surface area contributed by atoms with Crippen LogP contribution in [0.25, 0.3) is 0 Å². The van der Waals surface area contributed by atoms with Gasteiger partial charge in [-0.1, -0.05) is 0 Å². The number of halogens is 4. The van der Waals surface area contributed by atoms with Crippen LogP contribution >= 0.6 is 0 Å². The van der Waals surface area contributed by atoms with Gasteiger partial charge in [-0.15, -0.1) is 0 Å². The molecule has 0 unspecified atom stereocenters. The fourth-order valence-electron chi connectivity index (χ4n) is 1.34. The number of aliphatic imine (C=N–C) groups is 2. The molecule has 0 heterocycles. The van der Waals surface area contributed by atoms with Crippen LogP contribution in [-0.2, 0) is 6.18 Å². The maximum Gasteiger partial charge on any atom is 0.416 e. The highest BCUT2D eigenvalue weighted by atomic mass is 19.4. The number of guanidine groups is 2. The first-order valence-electron chi connectivity index (χ1n) is 4.92. The molecule has 0 saturated carbocycles. The summed E-state index contributed by atoms with van der Waals surface area (Å²) in [6.45, 7) is 1.18. The first kappa shape index (κ1) is 14.7. The van der Waals surface area contributed by atoms with Crippen LogP contribution in [0.15, 0.2) is 22.1 Å². The Labute approximate surface area is 105 Å². The lowest BCUT2D eigenvalue weighted by Crippen LogP contribution is -2.26. The Morgan fingerprint density at radius 1 is 1.16 bits per heavy atom.